The third-order valence-electron chi connectivity index (χ3n) is 6.29. The Hall–Kier alpha value is -2.67. The number of nitrogens with one attached hydrogen (secondary N) is 1. The van der Waals surface area contributed by atoms with E-state index in [2.05, 4.69) is 39.5 Å². The summed E-state index contributed by atoms with van der Waals surface area (Å²) in [7, 11) is 1.99. The highest BCUT2D eigenvalue weighted by Gasteiger charge is 2.49. The van der Waals surface area contributed by atoms with Crippen molar-refractivity contribution >= 4 is 17.7 Å². The van der Waals surface area contributed by atoms with Crippen LogP contribution in [0, 0.1) is 11.3 Å². The van der Waals surface area contributed by atoms with Crippen molar-refractivity contribution < 1.29 is 9.53 Å². The van der Waals surface area contributed by atoms with Gasteiger partial charge < -0.3 is 19.9 Å². The van der Waals surface area contributed by atoms with Gasteiger partial charge in [0.1, 0.15) is 11.5 Å². The van der Waals surface area contributed by atoms with Gasteiger partial charge in [0.2, 0.25) is 5.95 Å². The maximum Gasteiger partial charge on any atom is 0.270 e. The van der Waals surface area contributed by atoms with Gasteiger partial charge in [-0.25, -0.2) is 4.98 Å². The molecular weight excluding hydrogens is 378 g/mol. The number of aromatic nitrogens is 2. The van der Waals surface area contributed by atoms with Crippen molar-refractivity contribution in [1.29, 1.82) is 0 Å². The molecule has 0 atom stereocenters. The van der Waals surface area contributed by atoms with Gasteiger partial charge in [-0.05, 0) is 30.7 Å². The van der Waals surface area contributed by atoms with E-state index in [1.807, 2.05) is 24.1 Å². The number of carbonyl (C=O) groups excluding carboxylic acids is 1. The summed E-state index contributed by atoms with van der Waals surface area (Å²) in [4.78, 5) is 26.4. The minimum Gasteiger partial charge on any atom is -0.380 e. The van der Waals surface area contributed by atoms with E-state index in [-0.39, 0.29) is 5.91 Å². The maximum absolute atomic E-state index is 12.7. The van der Waals surface area contributed by atoms with Crippen LogP contribution in [-0.4, -0.2) is 62.3 Å². The number of likely N-dealkylation sites (N-methyl/N-ethyl adjacent to an activating group) is 1. The molecular formula is C23H29N5O2. The Morgan fingerprint density at radius 3 is 2.67 bits per heavy atom. The first-order valence-electron chi connectivity index (χ1n) is 10.9. The molecule has 1 aromatic carbocycles. The normalized spacial score (nSPS) is 19.2. The fourth-order valence-corrected chi connectivity index (χ4v) is 4.06. The molecule has 3 aliphatic rings. The highest BCUT2D eigenvalue weighted by Crippen LogP contribution is 2.40. The molecule has 1 saturated carbocycles. The largest absolute Gasteiger partial charge is 0.380 e. The monoisotopic (exact) mass is 407 g/mol. The Bertz CT molecular complexity index is 903. The van der Waals surface area contributed by atoms with E-state index in [0.717, 1.165) is 51.6 Å². The zero-order valence-electron chi connectivity index (χ0n) is 17.5. The number of amides is 1. The van der Waals surface area contributed by atoms with Gasteiger partial charge in [0.15, 0.2) is 0 Å². The number of hydrogen-bond donors (Lipinski definition) is 1. The standard InChI is InChI=1S/C23H29N5O2/c1-27(10-9-17-5-3-2-4-6-17)22-25-19(21(29)24-12-18-7-8-18)11-20(26-22)28-13-23(14-28)15-30-16-23/h2-6,11,18H,7-10,12-16H2,1H3,(H,24,29). The highest BCUT2D eigenvalue weighted by molar-refractivity contribution is 5.93. The fraction of sp³-hybridized carbons (Fsp3) is 0.522. The molecule has 1 N–H and O–H groups in total. The summed E-state index contributed by atoms with van der Waals surface area (Å²) in [6.07, 6.45) is 3.32. The van der Waals surface area contributed by atoms with Crippen molar-refractivity contribution in [2.75, 3.05) is 56.2 Å². The van der Waals surface area contributed by atoms with E-state index < -0.39 is 0 Å². The van der Waals surface area contributed by atoms with E-state index in [1.54, 1.807) is 0 Å². The Morgan fingerprint density at radius 1 is 1.23 bits per heavy atom. The van der Waals surface area contributed by atoms with Crippen LogP contribution in [0.2, 0.25) is 0 Å². The summed E-state index contributed by atoms with van der Waals surface area (Å²) < 4.78 is 5.39. The van der Waals surface area contributed by atoms with Crippen LogP contribution in [0.15, 0.2) is 36.4 Å². The predicted molar refractivity (Wildman–Crippen MR) is 116 cm³/mol. The van der Waals surface area contributed by atoms with E-state index in [9.17, 15) is 4.79 Å². The number of anilines is 2. The quantitative estimate of drug-likeness (QED) is 0.723. The number of rotatable bonds is 8. The van der Waals surface area contributed by atoms with Crippen LogP contribution >= 0.6 is 0 Å². The third kappa shape index (κ3) is 4.12. The molecule has 5 rings (SSSR count). The van der Waals surface area contributed by atoms with Crippen LogP contribution in [0.4, 0.5) is 11.8 Å². The van der Waals surface area contributed by atoms with Crippen LogP contribution in [0.1, 0.15) is 28.9 Å². The van der Waals surface area contributed by atoms with Gasteiger partial charge in [0, 0.05) is 39.3 Å². The van der Waals surface area contributed by atoms with Crippen molar-refractivity contribution in [2.45, 2.75) is 19.3 Å². The van der Waals surface area contributed by atoms with Gasteiger partial charge in [0.25, 0.3) is 5.91 Å². The summed E-state index contributed by atoms with van der Waals surface area (Å²) >= 11 is 0. The molecule has 3 heterocycles. The average Bonchev–Trinajstić information content (AvgIpc) is 3.53. The molecule has 1 amide bonds. The topological polar surface area (TPSA) is 70.6 Å². The van der Waals surface area contributed by atoms with E-state index in [4.69, 9.17) is 9.72 Å². The molecule has 2 aliphatic heterocycles. The first-order valence-corrected chi connectivity index (χ1v) is 10.9. The SMILES string of the molecule is CN(CCc1ccccc1)c1nc(C(=O)NCC2CC2)cc(N2CC3(COC3)C2)n1. The van der Waals surface area contributed by atoms with Crippen molar-refractivity contribution in [3.63, 3.8) is 0 Å². The van der Waals surface area contributed by atoms with Crippen molar-refractivity contribution in [3.05, 3.63) is 47.7 Å². The molecule has 0 bridgehead atoms. The summed E-state index contributed by atoms with van der Waals surface area (Å²) in [5.74, 6) is 1.97. The molecule has 0 radical (unpaired) electrons. The smallest absolute Gasteiger partial charge is 0.270 e. The lowest BCUT2D eigenvalue weighted by Gasteiger charge is -2.55. The van der Waals surface area contributed by atoms with Crippen LogP contribution in [-0.2, 0) is 11.2 Å². The average molecular weight is 408 g/mol. The molecule has 3 fully saturated rings. The van der Waals surface area contributed by atoms with Gasteiger partial charge in [-0.2, -0.15) is 4.98 Å². The predicted octanol–water partition coefficient (Wildman–Crippen LogP) is 2.13. The zero-order chi connectivity index (χ0) is 20.6. The Kier molecular flexibility index (Phi) is 5.06. The van der Waals surface area contributed by atoms with Gasteiger partial charge in [-0.1, -0.05) is 30.3 Å². The highest BCUT2D eigenvalue weighted by atomic mass is 16.5. The number of carbonyl (C=O) groups is 1. The molecule has 30 heavy (non-hydrogen) atoms. The Balaban J connectivity index is 1.32. The number of benzene rings is 1. The second-order valence-corrected chi connectivity index (χ2v) is 9.07. The van der Waals surface area contributed by atoms with E-state index >= 15 is 0 Å². The molecule has 7 nitrogen and oxygen atoms in total. The molecule has 7 heteroatoms. The summed E-state index contributed by atoms with van der Waals surface area (Å²) in [6.45, 7) is 5.04. The minimum absolute atomic E-state index is 0.106. The first kappa shape index (κ1) is 19.3. The first-order chi connectivity index (χ1) is 14.6. The van der Waals surface area contributed by atoms with Gasteiger partial charge in [-0.3, -0.25) is 4.79 Å². The summed E-state index contributed by atoms with van der Waals surface area (Å²) in [5.41, 5.74) is 2.02. The van der Waals surface area contributed by atoms with Gasteiger partial charge >= 0.3 is 0 Å². The van der Waals surface area contributed by atoms with Crippen LogP contribution in [0.25, 0.3) is 0 Å². The van der Waals surface area contributed by atoms with Crippen molar-refractivity contribution in [2.24, 2.45) is 11.3 Å². The molecule has 0 unspecified atom stereocenters. The van der Waals surface area contributed by atoms with E-state index in [0.29, 0.717) is 23.0 Å². The van der Waals surface area contributed by atoms with Crippen molar-refractivity contribution in [1.82, 2.24) is 15.3 Å². The van der Waals surface area contributed by atoms with Crippen molar-refractivity contribution in [3.8, 4) is 0 Å². The molecule has 2 saturated heterocycles. The summed E-state index contributed by atoms with van der Waals surface area (Å²) in [5, 5.41) is 3.04. The lowest BCUT2D eigenvalue weighted by Crippen LogP contribution is -2.66. The second kappa shape index (κ2) is 7.87. The molecule has 1 aliphatic carbocycles. The molecule has 158 valence electrons. The fourth-order valence-electron chi connectivity index (χ4n) is 4.06. The Labute approximate surface area is 177 Å². The van der Waals surface area contributed by atoms with Crippen LogP contribution < -0.4 is 15.1 Å². The zero-order valence-corrected chi connectivity index (χ0v) is 17.5. The number of ether oxygens (including phenoxy) is 1. The maximum atomic E-state index is 12.7. The third-order valence-corrected chi connectivity index (χ3v) is 6.29. The van der Waals surface area contributed by atoms with Crippen LogP contribution in [0.3, 0.4) is 0 Å². The lowest BCUT2D eigenvalue weighted by atomic mass is 9.78. The molecule has 1 aromatic heterocycles. The van der Waals surface area contributed by atoms with Gasteiger partial charge in [-0.15, -0.1) is 0 Å². The van der Waals surface area contributed by atoms with Crippen LogP contribution in [0.5, 0.6) is 0 Å². The molecule has 2 aromatic rings. The lowest BCUT2D eigenvalue weighted by molar-refractivity contribution is -0.127. The Morgan fingerprint density at radius 2 is 2.00 bits per heavy atom. The second-order valence-electron chi connectivity index (χ2n) is 9.07. The number of hydrogen-bond acceptors (Lipinski definition) is 6. The molecule has 1 spiro atoms. The van der Waals surface area contributed by atoms with Gasteiger partial charge in [0.05, 0.1) is 18.6 Å². The van der Waals surface area contributed by atoms with E-state index in [1.165, 1.54) is 18.4 Å². The number of nitrogens with zero attached hydrogens (tertiary/aromatic N) is 4. The summed E-state index contributed by atoms with van der Waals surface area (Å²) in [6, 6.07) is 12.2. The minimum atomic E-state index is -0.106.